The molecule has 154 valence electrons. The molecule has 1 unspecified atom stereocenters. The summed E-state index contributed by atoms with van der Waals surface area (Å²) in [5, 5.41) is 0. The third-order valence-corrected chi connectivity index (χ3v) is 7.64. The Morgan fingerprint density at radius 1 is 1.21 bits per heavy atom. The summed E-state index contributed by atoms with van der Waals surface area (Å²) < 4.78 is 25.1. The average molecular weight is 409 g/mol. The lowest BCUT2D eigenvalue weighted by Crippen LogP contribution is -2.39. The van der Waals surface area contributed by atoms with Crippen LogP contribution in [0.25, 0.3) is 0 Å². The first-order valence-corrected chi connectivity index (χ1v) is 12.0. The molecule has 1 atom stereocenters. The van der Waals surface area contributed by atoms with Gasteiger partial charge in [-0.2, -0.15) is 4.31 Å². The van der Waals surface area contributed by atoms with Gasteiger partial charge in [0, 0.05) is 37.5 Å². The Labute approximate surface area is 165 Å². The van der Waals surface area contributed by atoms with Crippen LogP contribution in [0.5, 0.6) is 0 Å². The Balaban J connectivity index is 1.47. The number of carbonyl (C=O) groups is 1. The Kier molecular flexibility index (Phi) is 5.30. The summed E-state index contributed by atoms with van der Waals surface area (Å²) in [7, 11) is -3.32. The molecule has 0 aromatic carbocycles. The van der Waals surface area contributed by atoms with E-state index in [2.05, 4.69) is 9.97 Å². The molecule has 1 amide bonds. The maximum atomic E-state index is 12.6. The highest BCUT2D eigenvalue weighted by atomic mass is 32.2. The topological polar surface area (TPSA) is 103 Å². The quantitative estimate of drug-likeness (QED) is 0.800. The number of fused-ring (bicyclic) bond motifs is 1. The second kappa shape index (κ2) is 7.59. The molecule has 1 saturated heterocycles. The molecule has 4 rings (SSSR count). The zero-order valence-electron chi connectivity index (χ0n) is 16.3. The lowest BCUT2D eigenvalue weighted by Gasteiger charge is -2.26. The van der Waals surface area contributed by atoms with E-state index >= 15 is 0 Å². The maximum Gasteiger partial charge on any atom is 0.254 e. The van der Waals surface area contributed by atoms with E-state index in [4.69, 9.17) is 0 Å². The standard InChI is InChI=1S/C19H28N4O4S/c1-28(26,27)23-9-7-15-16(12-23)20-18(21-19(15)25)14-6-8-22(11-14)17(24)10-13-4-2-3-5-13/h13-14H,2-12H2,1H3,(H,20,21,25). The van der Waals surface area contributed by atoms with E-state index < -0.39 is 10.0 Å². The molecule has 1 N–H and O–H groups in total. The second-order valence-electron chi connectivity index (χ2n) is 8.40. The highest BCUT2D eigenvalue weighted by Gasteiger charge is 2.32. The van der Waals surface area contributed by atoms with Gasteiger partial charge < -0.3 is 9.88 Å². The van der Waals surface area contributed by atoms with Crippen molar-refractivity contribution in [3.05, 3.63) is 27.4 Å². The number of rotatable bonds is 4. The zero-order chi connectivity index (χ0) is 19.9. The fourth-order valence-electron chi connectivity index (χ4n) is 4.71. The Hall–Kier alpha value is -1.74. The van der Waals surface area contributed by atoms with Crippen molar-refractivity contribution in [1.82, 2.24) is 19.2 Å². The minimum atomic E-state index is -3.32. The van der Waals surface area contributed by atoms with E-state index in [9.17, 15) is 18.0 Å². The number of aromatic nitrogens is 2. The number of likely N-dealkylation sites (tertiary alicyclic amines) is 1. The number of sulfonamides is 1. The minimum Gasteiger partial charge on any atom is -0.342 e. The highest BCUT2D eigenvalue weighted by Crippen LogP contribution is 2.31. The van der Waals surface area contributed by atoms with Gasteiger partial charge in [0.15, 0.2) is 0 Å². The number of hydrogen-bond acceptors (Lipinski definition) is 5. The predicted octanol–water partition coefficient (Wildman–Crippen LogP) is 0.984. The number of H-pyrrole nitrogens is 1. The van der Waals surface area contributed by atoms with Gasteiger partial charge in [0.25, 0.3) is 5.56 Å². The third-order valence-electron chi connectivity index (χ3n) is 6.39. The number of aromatic amines is 1. The molecule has 2 aliphatic heterocycles. The maximum absolute atomic E-state index is 12.6. The lowest BCUT2D eigenvalue weighted by atomic mass is 10.0. The van der Waals surface area contributed by atoms with Crippen molar-refractivity contribution in [2.75, 3.05) is 25.9 Å². The summed E-state index contributed by atoms with van der Waals surface area (Å²) in [6, 6.07) is 0. The van der Waals surface area contributed by atoms with Crippen LogP contribution in [-0.4, -0.2) is 59.4 Å². The smallest absolute Gasteiger partial charge is 0.254 e. The van der Waals surface area contributed by atoms with Crippen LogP contribution < -0.4 is 5.56 Å². The van der Waals surface area contributed by atoms with E-state index in [1.54, 1.807) is 0 Å². The van der Waals surface area contributed by atoms with Gasteiger partial charge in [-0.3, -0.25) is 9.59 Å². The SMILES string of the molecule is CS(=O)(=O)N1CCc2c(nc(C3CCN(C(=O)CC4CCCC4)C3)[nH]c2=O)C1. The fraction of sp³-hybridized carbons (Fsp3) is 0.737. The lowest BCUT2D eigenvalue weighted by molar-refractivity contribution is -0.131. The zero-order valence-corrected chi connectivity index (χ0v) is 17.1. The van der Waals surface area contributed by atoms with Crippen molar-refractivity contribution in [2.45, 2.75) is 57.4 Å². The van der Waals surface area contributed by atoms with Crippen LogP contribution in [-0.2, 0) is 27.8 Å². The Morgan fingerprint density at radius 3 is 2.68 bits per heavy atom. The average Bonchev–Trinajstić information content (AvgIpc) is 3.32. The number of carbonyl (C=O) groups excluding carboxylic acids is 1. The van der Waals surface area contributed by atoms with Gasteiger partial charge in [-0.15, -0.1) is 0 Å². The fourth-order valence-corrected chi connectivity index (χ4v) is 5.49. The molecule has 1 aromatic rings. The highest BCUT2D eigenvalue weighted by molar-refractivity contribution is 7.88. The normalized spacial score (nSPS) is 23.9. The van der Waals surface area contributed by atoms with Crippen molar-refractivity contribution in [3.63, 3.8) is 0 Å². The molecule has 1 aliphatic carbocycles. The monoisotopic (exact) mass is 408 g/mol. The first-order valence-electron chi connectivity index (χ1n) is 10.2. The second-order valence-corrected chi connectivity index (χ2v) is 10.4. The summed E-state index contributed by atoms with van der Waals surface area (Å²) in [6.07, 6.45) is 7.71. The van der Waals surface area contributed by atoms with Gasteiger partial charge in [0.05, 0.1) is 18.5 Å². The van der Waals surface area contributed by atoms with Gasteiger partial charge in [0.1, 0.15) is 5.82 Å². The Morgan fingerprint density at radius 2 is 1.96 bits per heavy atom. The summed E-state index contributed by atoms with van der Waals surface area (Å²) in [5.41, 5.74) is 0.950. The third kappa shape index (κ3) is 4.00. The van der Waals surface area contributed by atoms with Gasteiger partial charge in [-0.1, -0.05) is 12.8 Å². The van der Waals surface area contributed by atoms with Gasteiger partial charge >= 0.3 is 0 Å². The summed E-state index contributed by atoms with van der Waals surface area (Å²) in [6.45, 7) is 1.71. The van der Waals surface area contributed by atoms with Crippen LogP contribution in [0, 0.1) is 5.92 Å². The van der Waals surface area contributed by atoms with Crippen LogP contribution in [0.4, 0.5) is 0 Å². The van der Waals surface area contributed by atoms with Gasteiger partial charge in [0.2, 0.25) is 15.9 Å². The molecule has 28 heavy (non-hydrogen) atoms. The van der Waals surface area contributed by atoms with E-state index in [-0.39, 0.29) is 23.9 Å². The molecule has 0 spiro atoms. The number of hydrogen-bond donors (Lipinski definition) is 1. The minimum absolute atomic E-state index is 0.000798. The summed E-state index contributed by atoms with van der Waals surface area (Å²) >= 11 is 0. The largest absolute Gasteiger partial charge is 0.342 e. The molecule has 2 fully saturated rings. The Bertz CT molecular complexity index is 920. The van der Waals surface area contributed by atoms with Gasteiger partial charge in [-0.05, 0) is 31.6 Å². The summed E-state index contributed by atoms with van der Waals surface area (Å²) in [4.78, 5) is 34.5. The molecule has 3 aliphatic rings. The van der Waals surface area contributed by atoms with Crippen molar-refractivity contribution >= 4 is 15.9 Å². The van der Waals surface area contributed by atoms with Crippen LogP contribution in [0.1, 0.15) is 61.5 Å². The van der Waals surface area contributed by atoms with Crippen molar-refractivity contribution in [1.29, 1.82) is 0 Å². The molecule has 0 radical (unpaired) electrons. The first-order chi connectivity index (χ1) is 13.3. The molecule has 1 aromatic heterocycles. The number of nitrogens with zero attached hydrogens (tertiary/aromatic N) is 3. The van der Waals surface area contributed by atoms with Gasteiger partial charge in [-0.25, -0.2) is 13.4 Å². The van der Waals surface area contributed by atoms with Crippen LogP contribution in [0.15, 0.2) is 4.79 Å². The number of nitrogens with one attached hydrogen (secondary N) is 1. The predicted molar refractivity (Wildman–Crippen MR) is 104 cm³/mol. The van der Waals surface area contributed by atoms with Crippen molar-refractivity contribution in [3.8, 4) is 0 Å². The number of amides is 1. The molecular formula is C19H28N4O4S. The van der Waals surface area contributed by atoms with E-state index in [0.717, 1.165) is 19.3 Å². The molecule has 0 bridgehead atoms. The van der Waals surface area contributed by atoms with Crippen LogP contribution in [0.2, 0.25) is 0 Å². The van der Waals surface area contributed by atoms with Crippen molar-refractivity contribution in [2.24, 2.45) is 5.92 Å². The molecule has 9 heteroatoms. The van der Waals surface area contributed by atoms with Crippen molar-refractivity contribution < 1.29 is 13.2 Å². The molecule has 1 saturated carbocycles. The molecular weight excluding hydrogens is 380 g/mol. The van der Waals surface area contributed by atoms with E-state index in [1.807, 2.05) is 4.90 Å². The molecule has 3 heterocycles. The van der Waals surface area contributed by atoms with E-state index in [1.165, 1.54) is 23.4 Å². The van der Waals surface area contributed by atoms with Crippen LogP contribution >= 0.6 is 0 Å². The molecule has 8 nitrogen and oxygen atoms in total. The van der Waals surface area contributed by atoms with E-state index in [0.29, 0.717) is 55.5 Å². The van der Waals surface area contributed by atoms with Crippen LogP contribution in [0.3, 0.4) is 0 Å². The first kappa shape index (κ1) is 19.6. The summed E-state index contributed by atoms with van der Waals surface area (Å²) in [5.74, 6) is 1.31.